The molecule has 0 fully saturated rings. The number of furan rings is 1. The van der Waals surface area contributed by atoms with Crippen LogP contribution in [0.1, 0.15) is 30.0 Å². The van der Waals surface area contributed by atoms with Gasteiger partial charge in [-0.1, -0.05) is 36.4 Å². The maximum atomic E-state index is 12.4. The Kier molecular flexibility index (Phi) is 4.25. The second-order valence-corrected chi connectivity index (χ2v) is 5.66. The van der Waals surface area contributed by atoms with Crippen LogP contribution < -0.4 is 5.32 Å². The standard InChI is InChI=1S/C19H19NO4/c1-4-20-18(21)12(3)23-19(22)16-11(2)14-10-9-13-7-5-6-8-15(13)17(14)24-16/h5-10,12H,4H2,1-3H3,(H,20,21)/t12-/m0/s1. The predicted octanol–water partition coefficient (Wildman–Crippen LogP) is 3.58. The highest BCUT2D eigenvalue weighted by molar-refractivity contribution is 6.08. The lowest BCUT2D eigenvalue weighted by atomic mass is 10.1. The highest BCUT2D eigenvalue weighted by Gasteiger charge is 2.24. The van der Waals surface area contributed by atoms with Crippen molar-refractivity contribution in [3.8, 4) is 0 Å². The Hall–Kier alpha value is -2.82. The van der Waals surface area contributed by atoms with Crippen molar-refractivity contribution in [1.82, 2.24) is 5.32 Å². The van der Waals surface area contributed by atoms with E-state index in [2.05, 4.69) is 5.32 Å². The van der Waals surface area contributed by atoms with Crippen LogP contribution in [0.25, 0.3) is 21.7 Å². The van der Waals surface area contributed by atoms with E-state index in [0.29, 0.717) is 17.7 Å². The summed E-state index contributed by atoms with van der Waals surface area (Å²) < 4.78 is 11.0. The van der Waals surface area contributed by atoms with Crippen LogP contribution in [0.15, 0.2) is 40.8 Å². The summed E-state index contributed by atoms with van der Waals surface area (Å²) in [7, 11) is 0. The number of hydrogen-bond donors (Lipinski definition) is 1. The average molecular weight is 325 g/mol. The number of benzene rings is 2. The van der Waals surface area contributed by atoms with Crippen LogP contribution in [0.5, 0.6) is 0 Å². The van der Waals surface area contributed by atoms with E-state index in [0.717, 1.165) is 16.2 Å². The first kappa shape index (κ1) is 16.1. The molecule has 1 heterocycles. The van der Waals surface area contributed by atoms with Gasteiger partial charge in [-0.2, -0.15) is 0 Å². The van der Waals surface area contributed by atoms with Crippen LogP contribution in [0.4, 0.5) is 0 Å². The summed E-state index contributed by atoms with van der Waals surface area (Å²) in [5, 5.41) is 5.46. The van der Waals surface area contributed by atoms with Crippen LogP contribution in [0, 0.1) is 6.92 Å². The molecule has 3 rings (SSSR count). The molecule has 3 aromatic rings. The van der Waals surface area contributed by atoms with Gasteiger partial charge < -0.3 is 14.5 Å². The maximum absolute atomic E-state index is 12.4. The number of nitrogens with one attached hydrogen (secondary N) is 1. The molecule has 0 aliphatic rings. The monoisotopic (exact) mass is 325 g/mol. The number of esters is 1. The highest BCUT2D eigenvalue weighted by Crippen LogP contribution is 2.32. The predicted molar refractivity (Wildman–Crippen MR) is 92.0 cm³/mol. The smallest absolute Gasteiger partial charge is 0.375 e. The summed E-state index contributed by atoms with van der Waals surface area (Å²) in [6.45, 7) is 5.64. The van der Waals surface area contributed by atoms with Crippen molar-refractivity contribution >= 4 is 33.6 Å². The van der Waals surface area contributed by atoms with Crippen molar-refractivity contribution in [3.05, 3.63) is 47.7 Å². The van der Waals surface area contributed by atoms with Crippen molar-refractivity contribution in [2.75, 3.05) is 6.54 Å². The number of carbonyl (C=O) groups excluding carboxylic acids is 2. The molecule has 0 aliphatic carbocycles. The number of hydrogen-bond acceptors (Lipinski definition) is 4. The second kappa shape index (κ2) is 6.35. The largest absolute Gasteiger partial charge is 0.448 e. The summed E-state index contributed by atoms with van der Waals surface area (Å²) in [4.78, 5) is 24.1. The van der Waals surface area contributed by atoms with Crippen molar-refractivity contribution < 1.29 is 18.7 Å². The van der Waals surface area contributed by atoms with Gasteiger partial charge in [-0.05, 0) is 26.2 Å². The topological polar surface area (TPSA) is 68.5 Å². The first-order chi connectivity index (χ1) is 11.5. The SMILES string of the molecule is CCNC(=O)[C@H](C)OC(=O)c1oc2c(ccc3ccccc32)c1C. The van der Waals surface area contributed by atoms with Crippen LogP contribution >= 0.6 is 0 Å². The summed E-state index contributed by atoms with van der Waals surface area (Å²) in [6, 6.07) is 11.7. The Morgan fingerprint density at radius 3 is 2.67 bits per heavy atom. The molecule has 1 amide bonds. The zero-order valence-electron chi connectivity index (χ0n) is 13.9. The van der Waals surface area contributed by atoms with E-state index in [4.69, 9.17) is 9.15 Å². The van der Waals surface area contributed by atoms with Crippen LogP contribution in [0.2, 0.25) is 0 Å². The van der Waals surface area contributed by atoms with Crippen molar-refractivity contribution in [2.45, 2.75) is 26.9 Å². The van der Waals surface area contributed by atoms with E-state index < -0.39 is 12.1 Å². The third-order valence-corrected chi connectivity index (χ3v) is 4.02. The van der Waals surface area contributed by atoms with E-state index in [1.165, 1.54) is 6.92 Å². The first-order valence-electron chi connectivity index (χ1n) is 7.92. The lowest BCUT2D eigenvalue weighted by Gasteiger charge is -2.11. The van der Waals surface area contributed by atoms with Crippen molar-refractivity contribution in [1.29, 1.82) is 0 Å². The van der Waals surface area contributed by atoms with E-state index in [9.17, 15) is 9.59 Å². The average Bonchev–Trinajstić information content (AvgIpc) is 2.92. The molecule has 0 saturated carbocycles. The summed E-state index contributed by atoms with van der Waals surface area (Å²) in [5.41, 5.74) is 1.37. The molecular formula is C19H19NO4. The number of amides is 1. The van der Waals surface area contributed by atoms with Gasteiger partial charge in [0.1, 0.15) is 5.58 Å². The van der Waals surface area contributed by atoms with Gasteiger partial charge in [0.15, 0.2) is 6.10 Å². The zero-order chi connectivity index (χ0) is 17.3. The molecule has 124 valence electrons. The molecule has 1 atom stereocenters. The number of aryl methyl sites for hydroxylation is 1. The molecule has 2 aromatic carbocycles. The summed E-state index contributed by atoms with van der Waals surface area (Å²) >= 11 is 0. The Labute approximate surface area is 139 Å². The van der Waals surface area contributed by atoms with Gasteiger partial charge in [-0.15, -0.1) is 0 Å². The molecular weight excluding hydrogens is 306 g/mol. The van der Waals surface area contributed by atoms with E-state index in [1.807, 2.05) is 43.3 Å². The summed E-state index contributed by atoms with van der Waals surface area (Å²) in [5.74, 6) is -0.825. The summed E-state index contributed by atoms with van der Waals surface area (Å²) in [6.07, 6.45) is -0.873. The highest BCUT2D eigenvalue weighted by atomic mass is 16.6. The number of ether oxygens (including phenoxy) is 1. The Balaban J connectivity index is 1.98. The molecule has 0 unspecified atom stereocenters. The van der Waals surface area contributed by atoms with Gasteiger partial charge in [0, 0.05) is 22.9 Å². The van der Waals surface area contributed by atoms with Gasteiger partial charge in [0.2, 0.25) is 5.76 Å². The maximum Gasteiger partial charge on any atom is 0.375 e. The Morgan fingerprint density at radius 1 is 1.17 bits per heavy atom. The van der Waals surface area contributed by atoms with Gasteiger partial charge in [0.05, 0.1) is 0 Å². The lowest BCUT2D eigenvalue weighted by Crippen LogP contribution is -2.35. The van der Waals surface area contributed by atoms with Crippen molar-refractivity contribution in [3.63, 3.8) is 0 Å². The molecule has 24 heavy (non-hydrogen) atoms. The first-order valence-corrected chi connectivity index (χ1v) is 7.92. The van der Waals surface area contributed by atoms with Crippen LogP contribution in [-0.4, -0.2) is 24.5 Å². The third kappa shape index (κ3) is 2.73. The van der Waals surface area contributed by atoms with Crippen LogP contribution in [-0.2, 0) is 9.53 Å². The number of fused-ring (bicyclic) bond motifs is 3. The third-order valence-electron chi connectivity index (χ3n) is 4.02. The quantitative estimate of drug-likeness (QED) is 0.745. The van der Waals surface area contributed by atoms with Gasteiger partial charge in [-0.3, -0.25) is 4.79 Å². The molecule has 0 spiro atoms. The van der Waals surface area contributed by atoms with Crippen LogP contribution in [0.3, 0.4) is 0 Å². The van der Waals surface area contributed by atoms with Gasteiger partial charge in [-0.25, -0.2) is 4.79 Å². The fourth-order valence-corrected chi connectivity index (χ4v) is 2.73. The van der Waals surface area contributed by atoms with Gasteiger partial charge in [0.25, 0.3) is 5.91 Å². The molecule has 5 heteroatoms. The molecule has 5 nitrogen and oxygen atoms in total. The van der Waals surface area contributed by atoms with E-state index >= 15 is 0 Å². The number of rotatable bonds is 4. The molecule has 0 bridgehead atoms. The van der Waals surface area contributed by atoms with Gasteiger partial charge >= 0.3 is 5.97 Å². The Bertz CT molecular complexity index is 926. The number of likely N-dealkylation sites (N-methyl/N-ethyl adjacent to an activating group) is 1. The zero-order valence-corrected chi connectivity index (χ0v) is 13.9. The van der Waals surface area contributed by atoms with E-state index in [-0.39, 0.29) is 11.7 Å². The minimum Gasteiger partial charge on any atom is -0.448 e. The minimum absolute atomic E-state index is 0.137. The molecule has 1 N–H and O–H groups in total. The fourth-order valence-electron chi connectivity index (χ4n) is 2.73. The lowest BCUT2D eigenvalue weighted by molar-refractivity contribution is -0.129. The van der Waals surface area contributed by atoms with E-state index in [1.54, 1.807) is 6.92 Å². The Morgan fingerprint density at radius 2 is 1.92 bits per heavy atom. The number of carbonyl (C=O) groups is 2. The fraction of sp³-hybridized carbons (Fsp3) is 0.263. The molecule has 0 radical (unpaired) electrons. The second-order valence-electron chi connectivity index (χ2n) is 5.66. The molecule has 0 saturated heterocycles. The minimum atomic E-state index is -0.873. The molecule has 0 aliphatic heterocycles. The molecule has 1 aromatic heterocycles. The normalized spacial score (nSPS) is 12.3. The van der Waals surface area contributed by atoms with Crippen molar-refractivity contribution in [2.24, 2.45) is 0 Å².